The summed E-state index contributed by atoms with van der Waals surface area (Å²) in [4.78, 5) is 25.6. The molecule has 0 bridgehead atoms. The fraction of sp³-hybridized carbons (Fsp3) is 0.217. The van der Waals surface area contributed by atoms with Crippen molar-refractivity contribution in [3.8, 4) is 5.75 Å². The number of carbonyl (C=O) groups excluding carboxylic acids is 1. The molecule has 0 saturated heterocycles. The van der Waals surface area contributed by atoms with Crippen molar-refractivity contribution in [3.63, 3.8) is 0 Å². The second-order valence-electron chi connectivity index (χ2n) is 7.57. The molecule has 4 rings (SSSR count). The highest BCUT2D eigenvalue weighted by atomic mass is 32.1. The van der Waals surface area contributed by atoms with Gasteiger partial charge in [-0.3, -0.25) is 9.79 Å². The number of hydrogen-bond donors (Lipinski definition) is 3. The molecule has 2 aromatic heterocycles. The summed E-state index contributed by atoms with van der Waals surface area (Å²) in [6.07, 6.45) is 0.553. The van der Waals surface area contributed by atoms with Gasteiger partial charge >= 0.3 is 6.36 Å². The van der Waals surface area contributed by atoms with E-state index < -0.39 is 6.36 Å². The van der Waals surface area contributed by atoms with E-state index in [-0.39, 0.29) is 11.7 Å². The number of rotatable bonds is 9. The highest BCUT2D eigenvalue weighted by Crippen LogP contribution is 2.33. The van der Waals surface area contributed by atoms with Crippen molar-refractivity contribution in [1.82, 2.24) is 19.9 Å². The van der Waals surface area contributed by atoms with Crippen LogP contribution in [0.4, 0.5) is 24.3 Å². The van der Waals surface area contributed by atoms with Gasteiger partial charge in [-0.2, -0.15) is 0 Å². The zero-order valence-electron chi connectivity index (χ0n) is 19.0. The lowest BCUT2D eigenvalue weighted by atomic mass is 10.2. The summed E-state index contributed by atoms with van der Waals surface area (Å²) in [6.45, 7) is 1.05. The number of hydrogen-bond acceptors (Lipinski definition) is 8. The quantitative estimate of drug-likeness (QED) is 0.222. The van der Waals surface area contributed by atoms with Crippen LogP contribution in [0.15, 0.2) is 53.7 Å². The van der Waals surface area contributed by atoms with Crippen molar-refractivity contribution in [2.75, 3.05) is 18.4 Å². The van der Waals surface area contributed by atoms with E-state index >= 15 is 0 Å². The molecule has 4 aromatic rings. The van der Waals surface area contributed by atoms with E-state index in [0.717, 1.165) is 5.52 Å². The minimum absolute atomic E-state index is 0.217. The summed E-state index contributed by atoms with van der Waals surface area (Å²) in [7, 11) is 1.81. The van der Waals surface area contributed by atoms with E-state index in [1.165, 1.54) is 35.7 Å². The number of imidazole rings is 1. The number of aryl methyl sites for hydroxylation is 1. The number of carbonyl (C=O) groups is 1. The Morgan fingerprint density at radius 3 is 2.83 bits per heavy atom. The van der Waals surface area contributed by atoms with Gasteiger partial charge in [0.05, 0.1) is 21.3 Å². The van der Waals surface area contributed by atoms with Crippen LogP contribution in [0.1, 0.15) is 16.8 Å². The molecule has 0 spiro atoms. The number of fused-ring (bicyclic) bond motifs is 2. The van der Waals surface area contributed by atoms with Crippen LogP contribution in [-0.4, -0.2) is 46.1 Å². The van der Waals surface area contributed by atoms with Crippen LogP contribution in [-0.2, 0) is 7.05 Å². The van der Waals surface area contributed by atoms with E-state index in [0.29, 0.717) is 51.9 Å². The topological polar surface area (TPSA) is 119 Å². The maximum Gasteiger partial charge on any atom is 0.573 e. The van der Waals surface area contributed by atoms with Gasteiger partial charge in [-0.25, -0.2) is 9.97 Å². The van der Waals surface area contributed by atoms with Crippen LogP contribution in [0.5, 0.6) is 5.75 Å². The number of aliphatic imine (C=N–C) groups is 1. The van der Waals surface area contributed by atoms with Gasteiger partial charge in [0.1, 0.15) is 5.75 Å². The molecular formula is C23H22F3N7O2S. The van der Waals surface area contributed by atoms with Gasteiger partial charge in [-0.05, 0) is 49.0 Å². The molecular weight excluding hydrogens is 495 g/mol. The minimum Gasteiger partial charge on any atom is -0.406 e. The first-order valence-electron chi connectivity index (χ1n) is 10.8. The number of aromatic nitrogens is 3. The molecule has 4 N–H and O–H groups in total. The molecule has 13 heteroatoms. The summed E-state index contributed by atoms with van der Waals surface area (Å²) >= 11 is 1.17. The summed E-state index contributed by atoms with van der Waals surface area (Å²) in [5, 5.41) is 6.41. The Balaban J connectivity index is 1.44. The zero-order valence-corrected chi connectivity index (χ0v) is 19.9. The summed E-state index contributed by atoms with van der Waals surface area (Å²) in [5.74, 6) is -0.0565. The number of thiazole rings is 1. The van der Waals surface area contributed by atoms with Crippen LogP contribution < -0.4 is 21.1 Å². The fourth-order valence-electron chi connectivity index (χ4n) is 3.36. The molecule has 0 fully saturated rings. The average molecular weight is 518 g/mol. The number of nitrogens with one attached hydrogen (secondary N) is 2. The van der Waals surface area contributed by atoms with Gasteiger partial charge in [0.15, 0.2) is 5.13 Å². The Hall–Kier alpha value is -4.13. The standard InChI is InChI=1S/C23H22F3N7O2S/c1-33-18-7-4-14(20(34)29-11-3-10-28-9-2-8-27)12-17(18)30-21(33)32-22-31-16-6-5-15(13-19(16)36-22)35-23(24,25)26/h2,4-9,12-13H,3,10-11,27H2,1H3,(H,29,34)(H,30,31,32). The van der Waals surface area contributed by atoms with Crippen LogP contribution in [0.3, 0.4) is 0 Å². The summed E-state index contributed by atoms with van der Waals surface area (Å²) < 4.78 is 43.8. The number of amides is 1. The number of nitrogens with two attached hydrogens (primary N) is 1. The van der Waals surface area contributed by atoms with Gasteiger partial charge in [-0.1, -0.05) is 11.3 Å². The van der Waals surface area contributed by atoms with Crippen molar-refractivity contribution in [1.29, 1.82) is 0 Å². The van der Waals surface area contributed by atoms with Gasteiger partial charge in [-0.15, -0.1) is 13.2 Å². The molecule has 0 aliphatic heterocycles. The predicted octanol–water partition coefficient (Wildman–Crippen LogP) is 4.49. The molecule has 0 saturated carbocycles. The number of alkyl halides is 3. The molecule has 0 aliphatic carbocycles. The van der Waals surface area contributed by atoms with Gasteiger partial charge in [0.2, 0.25) is 5.95 Å². The Kier molecular flexibility index (Phi) is 7.38. The molecule has 0 atom stereocenters. The number of allylic oxidation sites excluding steroid dienone is 1. The summed E-state index contributed by atoms with van der Waals surface area (Å²) in [5.41, 5.74) is 7.61. The SMILES string of the molecule is Cn1c(Nc2nc3ccc(OC(F)(F)F)cc3s2)nc2cc(C(=O)NCCCN=CC=CN)ccc21. The first-order valence-corrected chi connectivity index (χ1v) is 11.6. The molecule has 2 heterocycles. The monoisotopic (exact) mass is 517 g/mol. The predicted molar refractivity (Wildman–Crippen MR) is 134 cm³/mol. The second-order valence-corrected chi connectivity index (χ2v) is 8.60. The second kappa shape index (κ2) is 10.6. The average Bonchev–Trinajstić information content (AvgIpc) is 3.36. The minimum atomic E-state index is -4.76. The van der Waals surface area contributed by atoms with Crippen molar-refractivity contribution < 1.29 is 22.7 Å². The van der Waals surface area contributed by atoms with Crippen LogP contribution >= 0.6 is 11.3 Å². The van der Waals surface area contributed by atoms with Crippen molar-refractivity contribution >= 4 is 55.8 Å². The molecule has 0 unspecified atom stereocenters. The van der Waals surface area contributed by atoms with Crippen molar-refractivity contribution in [3.05, 3.63) is 54.2 Å². The molecule has 36 heavy (non-hydrogen) atoms. The molecule has 9 nitrogen and oxygen atoms in total. The lowest BCUT2D eigenvalue weighted by Crippen LogP contribution is -2.24. The third kappa shape index (κ3) is 6.10. The van der Waals surface area contributed by atoms with E-state index in [1.54, 1.807) is 42.1 Å². The summed E-state index contributed by atoms with van der Waals surface area (Å²) in [6, 6.07) is 9.17. The lowest BCUT2D eigenvalue weighted by Gasteiger charge is -2.07. The molecule has 0 radical (unpaired) electrons. The van der Waals surface area contributed by atoms with E-state index in [9.17, 15) is 18.0 Å². The van der Waals surface area contributed by atoms with Gasteiger partial charge < -0.3 is 25.7 Å². The van der Waals surface area contributed by atoms with Crippen LogP contribution in [0, 0.1) is 0 Å². The number of halogens is 3. The van der Waals surface area contributed by atoms with Crippen molar-refractivity contribution in [2.24, 2.45) is 17.8 Å². The third-order valence-electron chi connectivity index (χ3n) is 5.01. The molecule has 0 aliphatic rings. The Labute approximate surface area is 207 Å². The lowest BCUT2D eigenvalue weighted by molar-refractivity contribution is -0.274. The van der Waals surface area contributed by atoms with Gasteiger partial charge in [0, 0.05) is 38.0 Å². The Bertz CT molecular complexity index is 1440. The number of anilines is 2. The molecule has 188 valence electrons. The maximum atomic E-state index is 12.5. The van der Waals surface area contributed by atoms with Gasteiger partial charge in [0.25, 0.3) is 5.91 Å². The first kappa shape index (κ1) is 25.0. The highest BCUT2D eigenvalue weighted by molar-refractivity contribution is 7.22. The third-order valence-corrected chi connectivity index (χ3v) is 5.94. The normalized spacial score (nSPS) is 12.2. The zero-order chi connectivity index (χ0) is 25.7. The number of ether oxygens (including phenoxy) is 1. The Morgan fingerprint density at radius 2 is 2.06 bits per heavy atom. The Morgan fingerprint density at radius 1 is 1.22 bits per heavy atom. The molecule has 1 amide bonds. The number of benzene rings is 2. The fourth-order valence-corrected chi connectivity index (χ4v) is 4.25. The largest absolute Gasteiger partial charge is 0.573 e. The number of nitrogens with zero attached hydrogens (tertiary/aromatic N) is 4. The smallest absolute Gasteiger partial charge is 0.406 e. The van der Waals surface area contributed by atoms with E-state index in [4.69, 9.17) is 5.73 Å². The van der Waals surface area contributed by atoms with E-state index in [1.807, 2.05) is 0 Å². The highest BCUT2D eigenvalue weighted by Gasteiger charge is 2.31. The first-order chi connectivity index (χ1) is 17.2. The molecule has 2 aromatic carbocycles. The van der Waals surface area contributed by atoms with Crippen LogP contribution in [0.25, 0.3) is 21.3 Å². The van der Waals surface area contributed by atoms with Crippen LogP contribution in [0.2, 0.25) is 0 Å². The maximum absolute atomic E-state index is 12.5. The van der Waals surface area contributed by atoms with Crippen molar-refractivity contribution in [2.45, 2.75) is 12.8 Å². The van der Waals surface area contributed by atoms with E-state index in [2.05, 4.69) is 30.3 Å².